The summed E-state index contributed by atoms with van der Waals surface area (Å²) in [6.07, 6.45) is 1.71. The molecule has 1 saturated carbocycles. The number of hydrogen-bond donors (Lipinski definition) is 1. The molecule has 21 heavy (non-hydrogen) atoms. The van der Waals surface area contributed by atoms with Crippen molar-refractivity contribution in [1.29, 1.82) is 0 Å². The first-order valence-corrected chi connectivity index (χ1v) is 7.36. The minimum absolute atomic E-state index is 0.0975. The third kappa shape index (κ3) is 3.49. The van der Waals surface area contributed by atoms with Gasteiger partial charge < -0.3 is 9.52 Å². The number of nitrogens with zero attached hydrogens (tertiary/aromatic N) is 3. The van der Waals surface area contributed by atoms with Crippen molar-refractivity contribution < 1.29 is 9.52 Å². The lowest BCUT2D eigenvalue weighted by atomic mass is 9.82. The van der Waals surface area contributed by atoms with Crippen molar-refractivity contribution in [3.63, 3.8) is 0 Å². The third-order valence-corrected chi connectivity index (χ3v) is 3.92. The van der Waals surface area contributed by atoms with Gasteiger partial charge in [-0.15, -0.1) is 10.2 Å². The average molecular weight is 287 g/mol. The average Bonchev–Trinajstić information content (AvgIpc) is 2.85. The summed E-state index contributed by atoms with van der Waals surface area (Å²) < 4.78 is 5.74. The topological polar surface area (TPSA) is 62.4 Å². The molecule has 112 valence electrons. The molecule has 0 bridgehead atoms. The SMILES string of the molecule is Cc1cccc(-c2nnc(CN(C)CC3CC(O)C3)o2)c1. The normalized spacial score (nSPS) is 21.5. The molecule has 0 spiro atoms. The van der Waals surface area contributed by atoms with E-state index in [-0.39, 0.29) is 6.10 Å². The molecule has 1 aromatic heterocycles. The lowest BCUT2D eigenvalue weighted by Gasteiger charge is -2.34. The Morgan fingerprint density at radius 1 is 1.33 bits per heavy atom. The van der Waals surface area contributed by atoms with Gasteiger partial charge in [0.05, 0.1) is 12.6 Å². The van der Waals surface area contributed by atoms with Gasteiger partial charge >= 0.3 is 0 Å². The highest BCUT2D eigenvalue weighted by Crippen LogP contribution is 2.28. The van der Waals surface area contributed by atoms with Crippen molar-refractivity contribution >= 4 is 0 Å². The molecule has 0 amide bonds. The molecule has 5 heteroatoms. The monoisotopic (exact) mass is 287 g/mol. The van der Waals surface area contributed by atoms with Gasteiger partial charge in [-0.05, 0) is 44.9 Å². The van der Waals surface area contributed by atoms with E-state index in [9.17, 15) is 5.11 Å². The number of benzene rings is 1. The van der Waals surface area contributed by atoms with Crippen LogP contribution in [0.2, 0.25) is 0 Å². The molecule has 1 aromatic carbocycles. The number of rotatable bonds is 5. The molecule has 1 aliphatic rings. The minimum Gasteiger partial charge on any atom is -0.419 e. The van der Waals surface area contributed by atoms with Crippen LogP contribution in [0.5, 0.6) is 0 Å². The second kappa shape index (κ2) is 5.95. The Morgan fingerprint density at radius 2 is 2.14 bits per heavy atom. The van der Waals surface area contributed by atoms with Gasteiger partial charge in [0.2, 0.25) is 11.8 Å². The minimum atomic E-state index is -0.0975. The smallest absolute Gasteiger partial charge is 0.247 e. The molecule has 0 saturated heterocycles. The molecule has 0 aliphatic heterocycles. The Balaban J connectivity index is 1.60. The van der Waals surface area contributed by atoms with E-state index < -0.39 is 0 Å². The highest BCUT2D eigenvalue weighted by atomic mass is 16.4. The predicted molar refractivity (Wildman–Crippen MR) is 79.5 cm³/mol. The number of aromatic nitrogens is 2. The Morgan fingerprint density at radius 3 is 2.86 bits per heavy atom. The summed E-state index contributed by atoms with van der Waals surface area (Å²) in [5.41, 5.74) is 2.13. The van der Waals surface area contributed by atoms with Crippen LogP contribution in [0.3, 0.4) is 0 Å². The summed E-state index contributed by atoms with van der Waals surface area (Å²) in [7, 11) is 2.04. The molecule has 0 radical (unpaired) electrons. The number of aliphatic hydroxyl groups excluding tert-OH is 1. The largest absolute Gasteiger partial charge is 0.419 e. The molecule has 1 fully saturated rings. The Kier molecular flexibility index (Phi) is 4.03. The van der Waals surface area contributed by atoms with Gasteiger partial charge in [-0.2, -0.15) is 0 Å². The zero-order valence-corrected chi connectivity index (χ0v) is 12.5. The standard InChI is InChI=1S/C16H21N3O2/c1-11-4-3-5-13(6-11)16-18-17-15(21-16)10-19(2)9-12-7-14(20)8-12/h3-6,12,14,20H,7-10H2,1-2H3. The van der Waals surface area contributed by atoms with Crippen LogP contribution in [-0.2, 0) is 6.54 Å². The van der Waals surface area contributed by atoms with Gasteiger partial charge in [0.1, 0.15) is 0 Å². The van der Waals surface area contributed by atoms with Crippen molar-refractivity contribution in [3.8, 4) is 11.5 Å². The quantitative estimate of drug-likeness (QED) is 0.914. The fourth-order valence-electron chi connectivity index (χ4n) is 2.80. The summed E-state index contributed by atoms with van der Waals surface area (Å²) >= 11 is 0. The van der Waals surface area contributed by atoms with Crippen LogP contribution in [0, 0.1) is 12.8 Å². The fourth-order valence-corrected chi connectivity index (χ4v) is 2.80. The van der Waals surface area contributed by atoms with Crippen LogP contribution >= 0.6 is 0 Å². The molecular formula is C16H21N3O2. The van der Waals surface area contributed by atoms with Gasteiger partial charge in [-0.1, -0.05) is 17.7 Å². The van der Waals surface area contributed by atoms with Crippen LogP contribution < -0.4 is 0 Å². The van der Waals surface area contributed by atoms with Crippen LogP contribution in [-0.4, -0.2) is 39.9 Å². The van der Waals surface area contributed by atoms with Gasteiger partial charge in [0, 0.05) is 12.1 Å². The molecule has 1 N–H and O–H groups in total. The lowest BCUT2D eigenvalue weighted by Crippen LogP contribution is -2.36. The van der Waals surface area contributed by atoms with Crippen LogP contribution in [0.15, 0.2) is 28.7 Å². The third-order valence-electron chi connectivity index (χ3n) is 3.92. The van der Waals surface area contributed by atoms with Crippen molar-refractivity contribution in [2.45, 2.75) is 32.4 Å². The molecular weight excluding hydrogens is 266 g/mol. The zero-order valence-electron chi connectivity index (χ0n) is 12.5. The maximum Gasteiger partial charge on any atom is 0.247 e. The number of aryl methyl sites for hydroxylation is 1. The van der Waals surface area contributed by atoms with Gasteiger partial charge in [0.25, 0.3) is 0 Å². The van der Waals surface area contributed by atoms with Crippen molar-refractivity contribution in [3.05, 3.63) is 35.7 Å². The summed E-state index contributed by atoms with van der Waals surface area (Å²) in [4.78, 5) is 2.17. The van der Waals surface area contributed by atoms with E-state index in [0.717, 1.165) is 24.9 Å². The first-order valence-electron chi connectivity index (χ1n) is 7.36. The van der Waals surface area contributed by atoms with Crippen molar-refractivity contribution in [1.82, 2.24) is 15.1 Å². The second-order valence-corrected chi connectivity index (χ2v) is 6.06. The second-order valence-electron chi connectivity index (χ2n) is 6.06. The van der Waals surface area contributed by atoms with Gasteiger partial charge in [-0.3, -0.25) is 4.90 Å². The van der Waals surface area contributed by atoms with E-state index in [1.165, 1.54) is 5.56 Å². The number of aliphatic hydroxyl groups is 1. The van der Waals surface area contributed by atoms with Gasteiger partial charge in [-0.25, -0.2) is 0 Å². The Hall–Kier alpha value is -1.72. The van der Waals surface area contributed by atoms with E-state index in [2.05, 4.69) is 15.1 Å². The molecule has 0 atom stereocenters. The van der Waals surface area contributed by atoms with Gasteiger partial charge in [0.15, 0.2) is 0 Å². The highest BCUT2D eigenvalue weighted by Gasteiger charge is 2.28. The van der Waals surface area contributed by atoms with E-state index in [1.54, 1.807) is 0 Å². The molecule has 1 aliphatic carbocycles. The zero-order chi connectivity index (χ0) is 14.8. The Bertz CT molecular complexity index is 605. The van der Waals surface area contributed by atoms with Crippen LogP contribution in [0.25, 0.3) is 11.5 Å². The molecule has 0 unspecified atom stereocenters. The van der Waals surface area contributed by atoms with E-state index >= 15 is 0 Å². The number of hydrogen-bond acceptors (Lipinski definition) is 5. The van der Waals surface area contributed by atoms with E-state index in [1.807, 2.05) is 38.2 Å². The predicted octanol–water partition coefficient (Wildman–Crippen LogP) is 2.25. The molecule has 1 heterocycles. The first-order chi connectivity index (χ1) is 10.1. The summed E-state index contributed by atoms with van der Waals surface area (Å²) in [5.74, 6) is 1.79. The fraction of sp³-hybridized carbons (Fsp3) is 0.500. The molecule has 3 rings (SSSR count). The van der Waals surface area contributed by atoms with Crippen molar-refractivity contribution in [2.75, 3.05) is 13.6 Å². The summed E-state index contributed by atoms with van der Waals surface area (Å²) in [6, 6.07) is 8.05. The maximum absolute atomic E-state index is 9.31. The van der Waals surface area contributed by atoms with Crippen LogP contribution in [0.4, 0.5) is 0 Å². The van der Waals surface area contributed by atoms with Crippen molar-refractivity contribution in [2.24, 2.45) is 5.92 Å². The Labute approximate surface area is 124 Å². The lowest BCUT2D eigenvalue weighted by molar-refractivity contribution is 0.0264. The van der Waals surface area contributed by atoms with Crippen LogP contribution in [0.1, 0.15) is 24.3 Å². The maximum atomic E-state index is 9.31. The molecule has 2 aromatic rings. The molecule has 5 nitrogen and oxygen atoms in total. The first kappa shape index (κ1) is 14.2. The van der Waals surface area contributed by atoms with E-state index in [4.69, 9.17) is 4.42 Å². The highest BCUT2D eigenvalue weighted by molar-refractivity contribution is 5.53. The summed E-state index contributed by atoms with van der Waals surface area (Å²) in [6.45, 7) is 3.65. The van der Waals surface area contributed by atoms with E-state index in [0.29, 0.717) is 24.2 Å². The summed E-state index contributed by atoms with van der Waals surface area (Å²) in [5, 5.41) is 17.6.